The Balaban J connectivity index is 1.97. The van der Waals surface area contributed by atoms with Gasteiger partial charge in [0.25, 0.3) is 0 Å². The summed E-state index contributed by atoms with van der Waals surface area (Å²) >= 11 is 0. The van der Waals surface area contributed by atoms with Gasteiger partial charge in [0, 0.05) is 17.2 Å². The largest absolute Gasteiger partial charge is 0.463 e. The number of ether oxygens (including phenoxy) is 1. The highest BCUT2D eigenvalue weighted by atomic mass is 16.5. The van der Waals surface area contributed by atoms with Gasteiger partial charge in [0.05, 0.1) is 6.61 Å². The van der Waals surface area contributed by atoms with Crippen LogP contribution in [0.25, 0.3) is 6.08 Å². The van der Waals surface area contributed by atoms with Gasteiger partial charge in [-0.05, 0) is 18.1 Å². The van der Waals surface area contributed by atoms with Gasteiger partial charge in [-0.2, -0.15) is 0 Å². The molecule has 0 radical (unpaired) electrons. The molecule has 23 heavy (non-hydrogen) atoms. The van der Waals surface area contributed by atoms with E-state index >= 15 is 0 Å². The molecule has 2 aromatic carbocycles. The maximum absolute atomic E-state index is 12.3. The molecular formula is C20H20O3. The quantitative estimate of drug-likeness (QED) is 0.332. The van der Waals surface area contributed by atoms with Gasteiger partial charge >= 0.3 is 5.97 Å². The number of esters is 1. The van der Waals surface area contributed by atoms with Gasteiger partial charge in [0.15, 0.2) is 5.78 Å². The third kappa shape index (κ3) is 5.22. The van der Waals surface area contributed by atoms with Crippen LogP contribution < -0.4 is 0 Å². The summed E-state index contributed by atoms with van der Waals surface area (Å²) in [5.74, 6) is -0.358. The lowest BCUT2D eigenvalue weighted by molar-refractivity contribution is -0.137. The Bertz CT molecular complexity index is 670. The van der Waals surface area contributed by atoms with Crippen molar-refractivity contribution in [1.82, 2.24) is 0 Å². The third-order valence-electron chi connectivity index (χ3n) is 3.36. The van der Waals surface area contributed by atoms with E-state index in [0.717, 1.165) is 18.4 Å². The molecule has 0 saturated heterocycles. The summed E-state index contributed by atoms with van der Waals surface area (Å²) in [6, 6.07) is 16.3. The van der Waals surface area contributed by atoms with Crippen LogP contribution in [-0.2, 0) is 9.53 Å². The number of ketones is 1. The maximum Gasteiger partial charge on any atom is 0.330 e. The number of rotatable bonds is 7. The second kappa shape index (κ2) is 8.69. The molecule has 0 saturated carbocycles. The predicted octanol–water partition coefficient (Wildman–Crippen LogP) is 4.27. The topological polar surface area (TPSA) is 43.4 Å². The minimum Gasteiger partial charge on any atom is -0.463 e. The molecule has 3 nitrogen and oxygen atoms in total. The fourth-order valence-electron chi connectivity index (χ4n) is 2.03. The van der Waals surface area contributed by atoms with Crippen LogP contribution >= 0.6 is 0 Å². The molecule has 0 aromatic heterocycles. The van der Waals surface area contributed by atoms with Crippen molar-refractivity contribution < 1.29 is 14.3 Å². The monoisotopic (exact) mass is 308 g/mol. The van der Waals surface area contributed by atoms with E-state index in [2.05, 4.69) is 0 Å². The van der Waals surface area contributed by atoms with Gasteiger partial charge < -0.3 is 4.74 Å². The lowest BCUT2D eigenvalue weighted by Crippen LogP contribution is -2.02. The standard InChI is InChI=1S/C20H20O3/c1-2-3-15-23-19(21)14-11-16-9-12-18(13-10-16)20(22)17-7-5-4-6-8-17/h4-14H,2-3,15H2,1H3/b14-11+. The summed E-state index contributed by atoms with van der Waals surface area (Å²) in [6.45, 7) is 2.49. The van der Waals surface area contributed by atoms with Crippen molar-refractivity contribution in [3.8, 4) is 0 Å². The van der Waals surface area contributed by atoms with Gasteiger partial charge in [-0.15, -0.1) is 0 Å². The number of unbranched alkanes of at least 4 members (excludes halogenated alkanes) is 1. The normalized spacial score (nSPS) is 10.7. The van der Waals surface area contributed by atoms with Crippen molar-refractivity contribution in [3.05, 3.63) is 77.4 Å². The van der Waals surface area contributed by atoms with Crippen LogP contribution in [0.5, 0.6) is 0 Å². The Labute approximate surface area is 136 Å². The van der Waals surface area contributed by atoms with Crippen molar-refractivity contribution in [3.63, 3.8) is 0 Å². The number of carbonyl (C=O) groups is 2. The Morgan fingerprint density at radius 2 is 1.61 bits per heavy atom. The average Bonchev–Trinajstić information content (AvgIpc) is 2.61. The van der Waals surface area contributed by atoms with Gasteiger partial charge in [0.1, 0.15) is 0 Å². The summed E-state index contributed by atoms with van der Waals surface area (Å²) in [5.41, 5.74) is 2.14. The number of hydrogen-bond acceptors (Lipinski definition) is 3. The summed E-state index contributed by atoms with van der Waals surface area (Å²) < 4.78 is 5.04. The zero-order valence-corrected chi connectivity index (χ0v) is 13.2. The molecule has 118 valence electrons. The first-order valence-corrected chi connectivity index (χ1v) is 7.75. The molecular weight excluding hydrogens is 288 g/mol. The number of benzene rings is 2. The van der Waals surface area contributed by atoms with E-state index in [1.165, 1.54) is 6.08 Å². The van der Waals surface area contributed by atoms with Crippen LogP contribution in [0.1, 0.15) is 41.3 Å². The molecule has 0 aliphatic rings. The van der Waals surface area contributed by atoms with E-state index in [0.29, 0.717) is 17.7 Å². The number of carbonyl (C=O) groups excluding carboxylic acids is 2. The van der Waals surface area contributed by atoms with Crippen molar-refractivity contribution >= 4 is 17.8 Å². The van der Waals surface area contributed by atoms with Crippen LogP contribution in [-0.4, -0.2) is 18.4 Å². The molecule has 0 spiro atoms. The van der Waals surface area contributed by atoms with Crippen LogP contribution in [0, 0.1) is 0 Å². The van der Waals surface area contributed by atoms with Crippen LogP contribution in [0.4, 0.5) is 0 Å². The third-order valence-corrected chi connectivity index (χ3v) is 3.36. The Kier molecular flexibility index (Phi) is 6.30. The summed E-state index contributed by atoms with van der Waals surface area (Å²) in [4.78, 5) is 23.8. The van der Waals surface area contributed by atoms with Gasteiger partial charge in [-0.25, -0.2) is 4.79 Å². The van der Waals surface area contributed by atoms with Gasteiger partial charge in [0.2, 0.25) is 0 Å². The molecule has 0 bridgehead atoms. The van der Waals surface area contributed by atoms with E-state index in [1.54, 1.807) is 30.3 Å². The van der Waals surface area contributed by atoms with Crippen LogP contribution in [0.2, 0.25) is 0 Å². The highest BCUT2D eigenvalue weighted by molar-refractivity contribution is 6.09. The minimum absolute atomic E-state index is 0.0138. The van der Waals surface area contributed by atoms with Crippen molar-refractivity contribution in [1.29, 1.82) is 0 Å². The molecule has 0 atom stereocenters. The Morgan fingerprint density at radius 3 is 2.26 bits per heavy atom. The predicted molar refractivity (Wildman–Crippen MR) is 91.2 cm³/mol. The molecule has 0 unspecified atom stereocenters. The summed E-state index contributed by atoms with van der Waals surface area (Å²) in [6.07, 6.45) is 4.96. The molecule has 0 heterocycles. The first-order chi connectivity index (χ1) is 11.2. The molecule has 0 N–H and O–H groups in total. The first kappa shape index (κ1) is 16.7. The van der Waals surface area contributed by atoms with E-state index in [9.17, 15) is 9.59 Å². The lowest BCUT2D eigenvalue weighted by Gasteiger charge is -2.02. The molecule has 0 fully saturated rings. The lowest BCUT2D eigenvalue weighted by atomic mass is 10.0. The second-order valence-corrected chi connectivity index (χ2v) is 5.17. The van der Waals surface area contributed by atoms with Crippen LogP contribution in [0.3, 0.4) is 0 Å². The van der Waals surface area contributed by atoms with Crippen LogP contribution in [0.15, 0.2) is 60.7 Å². The highest BCUT2D eigenvalue weighted by Crippen LogP contribution is 2.12. The van der Waals surface area contributed by atoms with Gasteiger partial charge in [-0.3, -0.25) is 4.79 Å². The SMILES string of the molecule is CCCCOC(=O)/C=C/c1ccc(C(=O)c2ccccc2)cc1. The smallest absolute Gasteiger partial charge is 0.330 e. The van der Waals surface area contributed by atoms with Crippen molar-refractivity contribution in [2.75, 3.05) is 6.61 Å². The van der Waals surface area contributed by atoms with E-state index < -0.39 is 0 Å². The molecule has 2 aromatic rings. The summed E-state index contributed by atoms with van der Waals surface area (Å²) in [7, 11) is 0. The van der Waals surface area contributed by atoms with Gasteiger partial charge in [-0.1, -0.05) is 67.9 Å². The van der Waals surface area contributed by atoms with Crippen molar-refractivity contribution in [2.45, 2.75) is 19.8 Å². The fraction of sp³-hybridized carbons (Fsp3) is 0.200. The van der Waals surface area contributed by atoms with E-state index in [4.69, 9.17) is 4.74 Å². The first-order valence-electron chi connectivity index (χ1n) is 7.75. The molecule has 0 aliphatic carbocycles. The van der Waals surface area contributed by atoms with Crippen molar-refractivity contribution in [2.24, 2.45) is 0 Å². The summed E-state index contributed by atoms with van der Waals surface area (Å²) in [5, 5.41) is 0. The molecule has 2 rings (SSSR count). The fourth-order valence-corrected chi connectivity index (χ4v) is 2.03. The Morgan fingerprint density at radius 1 is 0.957 bits per heavy atom. The number of hydrogen-bond donors (Lipinski definition) is 0. The maximum atomic E-state index is 12.3. The average molecular weight is 308 g/mol. The molecule has 3 heteroatoms. The highest BCUT2D eigenvalue weighted by Gasteiger charge is 2.07. The zero-order valence-electron chi connectivity index (χ0n) is 13.2. The molecule has 0 aliphatic heterocycles. The van der Waals surface area contributed by atoms with E-state index in [1.807, 2.05) is 37.3 Å². The van der Waals surface area contributed by atoms with E-state index in [-0.39, 0.29) is 11.8 Å². The molecule has 0 amide bonds. The minimum atomic E-state index is -0.345. The zero-order chi connectivity index (χ0) is 16.5. The second-order valence-electron chi connectivity index (χ2n) is 5.17. The Hall–Kier alpha value is -2.68.